The van der Waals surface area contributed by atoms with Crippen molar-refractivity contribution in [3.05, 3.63) is 66.7 Å². The smallest absolute Gasteiger partial charge is 0.229 e. The van der Waals surface area contributed by atoms with Gasteiger partial charge >= 0.3 is 0 Å². The van der Waals surface area contributed by atoms with Crippen LogP contribution in [0.15, 0.2) is 60.9 Å². The Hall–Kier alpha value is -3.48. The molecule has 2 heterocycles. The maximum absolute atomic E-state index is 13.5. The van der Waals surface area contributed by atoms with E-state index in [4.69, 9.17) is 4.74 Å². The molecule has 0 radical (unpaired) electrons. The summed E-state index contributed by atoms with van der Waals surface area (Å²) in [4.78, 5) is 23.7. The van der Waals surface area contributed by atoms with E-state index in [0.717, 1.165) is 30.5 Å². The summed E-state index contributed by atoms with van der Waals surface area (Å²) >= 11 is 0. The van der Waals surface area contributed by atoms with E-state index in [9.17, 15) is 9.18 Å². The Kier molecular flexibility index (Phi) is 5.88. The van der Waals surface area contributed by atoms with E-state index < -0.39 is 0 Å². The lowest BCUT2D eigenvalue weighted by molar-refractivity contribution is -0.120. The Morgan fingerprint density at radius 3 is 2.70 bits per heavy atom. The predicted octanol–water partition coefficient (Wildman–Crippen LogP) is 4.15. The van der Waals surface area contributed by atoms with Crippen LogP contribution in [-0.2, 0) is 4.79 Å². The molecule has 0 aliphatic carbocycles. The molecule has 6 nitrogen and oxygen atoms in total. The van der Waals surface area contributed by atoms with Gasteiger partial charge in [0.05, 0.1) is 18.7 Å². The Morgan fingerprint density at radius 1 is 1.13 bits per heavy atom. The molecule has 3 aromatic rings. The summed E-state index contributed by atoms with van der Waals surface area (Å²) < 4.78 is 18.8. The minimum atomic E-state index is -0.295. The van der Waals surface area contributed by atoms with Gasteiger partial charge < -0.3 is 15.0 Å². The van der Waals surface area contributed by atoms with E-state index in [1.54, 1.807) is 25.6 Å². The van der Waals surface area contributed by atoms with Gasteiger partial charge in [-0.05, 0) is 42.7 Å². The summed E-state index contributed by atoms with van der Waals surface area (Å²) in [6.07, 6.45) is 5.06. The van der Waals surface area contributed by atoms with Crippen LogP contribution in [0, 0.1) is 11.7 Å². The number of amides is 1. The Bertz CT molecular complexity index is 1030. The molecular weight excluding hydrogens is 383 g/mol. The molecule has 4 rings (SSSR count). The van der Waals surface area contributed by atoms with E-state index in [-0.39, 0.29) is 17.6 Å². The van der Waals surface area contributed by atoms with Gasteiger partial charge in [-0.2, -0.15) is 0 Å². The molecule has 1 N–H and O–H groups in total. The zero-order chi connectivity index (χ0) is 20.9. The van der Waals surface area contributed by atoms with Crippen molar-refractivity contribution in [2.45, 2.75) is 12.8 Å². The SMILES string of the molecule is COc1ccccc1NC(=O)C1CCCN(c2ncc(-c3cccc(F)c3)cn2)C1. The number of nitrogens with zero attached hydrogens (tertiary/aromatic N) is 3. The van der Waals surface area contributed by atoms with Gasteiger partial charge in [-0.3, -0.25) is 4.79 Å². The topological polar surface area (TPSA) is 67.3 Å². The van der Waals surface area contributed by atoms with Crippen LogP contribution in [0.5, 0.6) is 5.75 Å². The first kappa shape index (κ1) is 19.8. The highest BCUT2D eigenvalue weighted by Crippen LogP contribution is 2.27. The molecule has 1 aliphatic rings. The number of aromatic nitrogens is 2. The van der Waals surface area contributed by atoms with Gasteiger partial charge in [0.1, 0.15) is 11.6 Å². The fourth-order valence-corrected chi connectivity index (χ4v) is 3.66. The molecule has 0 bridgehead atoms. The fourth-order valence-electron chi connectivity index (χ4n) is 3.66. The number of benzene rings is 2. The molecule has 1 atom stereocenters. The number of carbonyl (C=O) groups excluding carboxylic acids is 1. The predicted molar refractivity (Wildman–Crippen MR) is 114 cm³/mol. The normalized spacial score (nSPS) is 16.2. The molecule has 30 heavy (non-hydrogen) atoms. The van der Waals surface area contributed by atoms with Crippen LogP contribution in [0.4, 0.5) is 16.0 Å². The molecule has 1 fully saturated rings. The number of ether oxygens (including phenoxy) is 1. The average Bonchev–Trinajstić information content (AvgIpc) is 2.79. The summed E-state index contributed by atoms with van der Waals surface area (Å²) in [6, 6.07) is 13.7. The third-order valence-electron chi connectivity index (χ3n) is 5.24. The number of rotatable bonds is 5. The van der Waals surface area contributed by atoms with Crippen LogP contribution in [0.3, 0.4) is 0 Å². The van der Waals surface area contributed by atoms with Crippen LogP contribution in [0.1, 0.15) is 12.8 Å². The number of hydrogen-bond donors (Lipinski definition) is 1. The summed E-state index contributed by atoms with van der Waals surface area (Å²) in [6.45, 7) is 1.33. The highest BCUT2D eigenvalue weighted by atomic mass is 19.1. The summed E-state index contributed by atoms with van der Waals surface area (Å²) in [5.41, 5.74) is 2.15. The van der Waals surface area contributed by atoms with Gasteiger partial charge in [0.2, 0.25) is 11.9 Å². The minimum Gasteiger partial charge on any atom is -0.495 e. The number of hydrogen-bond acceptors (Lipinski definition) is 5. The van der Waals surface area contributed by atoms with Crippen molar-refractivity contribution < 1.29 is 13.9 Å². The second kappa shape index (κ2) is 8.90. The molecule has 1 unspecified atom stereocenters. The zero-order valence-electron chi connectivity index (χ0n) is 16.7. The third kappa shape index (κ3) is 4.40. The summed E-state index contributed by atoms with van der Waals surface area (Å²) in [5.74, 6) is 0.701. The minimum absolute atomic E-state index is 0.0411. The van der Waals surface area contributed by atoms with Gasteiger partial charge in [0, 0.05) is 31.0 Å². The molecule has 1 aromatic heterocycles. The molecule has 0 spiro atoms. The van der Waals surface area contributed by atoms with Crippen molar-refractivity contribution in [2.24, 2.45) is 5.92 Å². The lowest BCUT2D eigenvalue weighted by atomic mass is 9.97. The number of halogens is 1. The van der Waals surface area contributed by atoms with E-state index in [0.29, 0.717) is 23.9 Å². The lowest BCUT2D eigenvalue weighted by Crippen LogP contribution is -2.41. The summed E-state index contributed by atoms with van der Waals surface area (Å²) in [7, 11) is 1.58. The standard InChI is InChI=1S/C23H23FN4O2/c1-30-21-10-3-2-9-20(21)27-22(29)17-7-5-11-28(15-17)23-25-13-18(14-26-23)16-6-4-8-19(24)12-16/h2-4,6,8-10,12-14,17H,5,7,11,15H2,1H3,(H,27,29). The molecule has 1 amide bonds. The molecule has 154 valence electrons. The largest absolute Gasteiger partial charge is 0.495 e. The number of nitrogens with one attached hydrogen (secondary N) is 1. The highest BCUT2D eigenvalue weighted by molar-refractivity contribution is 5.94. The lowest BCUT2D eigenvalue weighted by Gasteiger charge is -2.32. The quantitative estimate of drug-likeness (QED) is 0.690. The monoisotopic (exact) mass is 406 g/mol. The second-order valence-electron chi connectivity index (χ2n) is 7.26. The van der Waals surface area contributed by atoms with Crippen molar-refractivity contribution in [1.82, 2.24) is 9.97 Å². The first-order valence-electron chi connectivity index (χ1n) is 9.91. The van der Waals surface area contributed by atoms with E-state index in [1.807, 2.05) is 35.2 Å². The van der Waals surface area contributed by atoms with Crippen molar-refractivity contribution in [3.8, 4) is 16.9 Å². The number of anilines is 2. The van der Waals surface area contributed by atoms with Gasteiger partial charge in [0.25, 0.3) is 0 Å². The Labute approximate surface area is 174 Å². The Morgan fingerprint density at radius 2 is 1.93 bits per heavy atom. The van der Waals surface area contributed by atoms with E-state index in [1.165, 1.54) is 12.1 Å². The maximum atomic E-state index is 13.5. The molecule has 0 saturated carbocycles. The van der Waals surface area contributed by atoms with Gasteiger partial charge in [-0.15, -0.1) is 0 Å². The molecule has 2 aromatic carbocycles. The number of methoxy groups -OCH3 is 1. The highest BCUT2D eigenvalue weighted by Gasteiger charge is 2.27. The van der Waals surface area contributed by atoms with Gasteiger partial charge in [0.15, 0.2) is 0 Å². The van der Waals surface area contributed by atoms with Crippen molar-refractivity contribution in [2.75, 3.05) is 30.4 Å². The Balaban J connectivity index is 1.44. The van der Waals surface area contributed by atoms with Crippen molar-refractivity contribution >= 4 is 17.5 Å². The van der Waals surface area contributed by atoms with Crippen LogP contribution >= 0.6 is 0 Å². The molecule has 7 heteroatoms. The second-order valence-corrected chi connectivity index (χ2v) is 7.26. The van der Waals surface area contributed by atoms with E-state index >= 15 is 0 Å². The summed E-state index contributed by atoms with van der Waals surface area (Å²) in [5, 5.41) is 2.97. The average molecular weight is 406 g/mol. The molecule has 1 aliphatic heterocycles. The fraction of sp³-hybridized carbons (Fsp3) is 0.261. The first-order valence-corrected chi connectivity index (χ1v) is 9.91. The van der Waals surface area contributed by atoms with Gasteiger partial charge in [-0.1, -0.05) is 24.3 Å². The third-order valence-corrected chi connectivity index (χ3v) is 5.24. The number of carbonyl (C=O) groups is 1. The maximum Gasteiger partial charge on any atom is 0.229 e. The van der Waals surface area contributed by atoms with Crippen molar-refractivity contribution in [1.29, 1.82) is 0 Å². The van der Waals surface area contributed by atoms with Crippen molar-refractivity contribution in [3.63, 3.8) is 0 Å². The number of piperidine rings is 1. The van der Waals surface area contributed by atoms with Crippen LogP contribution < -0.4 is 15.0 Å². The first-order chi connectivity index (χ1) is 14.6. The molecular formula is C23H23FN4O2. The number of para-hydroxylation sites is 2. The molecule has 1 saturated heterocycles. The van der Waals surface area contributed by atoms with Gasteiger partial charge in [-0.25, -0.2) is 14.4 Å². The van der Waals surface area contributed by atoms with Crippen LogP contribution in [-0.4, -0.2) is 36.1 Å². The van der Waals surface area contributed by atoms with E-state index in [2.05, 4.69) is 15.3 Å². The zero-order valence-corrected chi connectivity index (χ0v) is 16.7. The van der Waals surface area contributed by atoms with Crippen LogP contribution in [0.25, 0.3) is 11.1 Å². The van der Waals surface area contributed by atoms with Crippen LogP contribution in [0.2, 0.25) is 0 Å².